The third kappa shape index (κ3) is 1.08. The van der Waals surface area contributed by atoms with Gasteiger partial charge < -0.3 is 4.74 Å². The molecule has 0 bridgehead atoms. The summed E-state index contributed by atoms with van der Waals surface area (Å²) >= 11 is 0. The molecule has 0 N–H and O–H groups in total. The second-order valence-electron chi connectivity index (χ2n) is 4.86. The Balaban J connectivity index is 1.92. The van der Waals surface area contributed by atoms with Gasteiger partial charge in [0.05, 0.1) is 12.2 Å². The summed E-state index contributed by atoms with van der Waals surface area (Å²) in [7, 11) is 0. The van der Waals surface area contributed by atoms with E-state index in [1.165, 1.54) is 0 Å². The highest BCUT2D eigenvalue weighted by Gasteiger charge is 2.53. The number of ether oxygens (including phenoxy) is 1. The van der Waals surface area contributed by atoms with Crippen LogP contribution in [0.25, 0.3) is 0 Å². The summed E-state index contributed by atoms with van der Waals surface area (Å²) in [6.45, 7) is 2.26. The van der Waals surface area contributed by atoms with Crippen molar-refractivity contribution in [2.45, 2.75) is 38.4 Å². The highest BCUT2D eigenvalue weighted by atomic mass is 16.6. The van der Waals surface area contributed by atoms with Crippen LogP contribution in [0.2, 0.25) is 0 Å². The lowest BCUT2D eigenvalue weighted by Gasteiger charge is -2.39. The maximum Gasteiger partial charge on any atom is 0.155 e. The molecule has 0 unspecified atom stereocenters. The Morgan fingerprint density at radius 1 is 1.54 bits per heavy atom. The van der Waals surface area contributed by atoms with Crippen LogP contribution in [0.1, 0.15) is 26.2 Å². The number of ketones is 1. The second kappa shape index (κ2) is 2.24. The van der Waals surface area contributed by atoms with E-state index in [0.717, 1.165) is 19.3 Å². The van der Waals surface area contributed by atoms with Gasteiger partial charge in [0.25, 0.3) is 0 Å². The molecule has 0 radical (unpaired) electrons. The minimum Gasteiger partial charge on any atom is -0.370 e. The van der Waals surface area contributed by atoms with Gasteiger partial charge in [0.15, 0.2) is 5.78 Å². The lowest BCUT2D eigenvalue weighted by Crippen LogP contribution is -2.36. The first-order chi connectivity index (χ1) is 6.17. The van der Waals surface area contributed by atoms with Crippen LogP contribution >= 0.6 is 0 Å². The van der Waals surface area contributed by atoms with Gasteiger partial charge >= 0.3 is 0 Å². The molecule has 0 aromatic heterocycles. The quantitative estimate of drug-likeness (QED) is 0.528. The van der Waals surface area contributed by atoms with Crippen molar-refractivity contribution in [2.75, 3.05) is 0 Å². The van der Waals surface area contributed by atoms with Crippen LogP contribution in [0.15, 0.2) is 12.2 Å². The predicted molar refractivity (Wildman–Crippen MR) is 48.3 cm³/mol. The summed E-state index contributed by atoms with van der Waals surface area (Å²) < 4.78 is 5.52. The minimum absolute atomic E-state index is 0.242. The van der Waals surface area contributed by atoms with Gasteiger partial charge in [-0.15, -0.1) is 0 Å². The largest absolute Gasteiger partial charge is 0.370 e. The zero-order valence-corrected chi connectivity index (χ0v) is 7.82. The molecule has 13 heavy (non-hydrogen) atoms. The molecule has 2 nitrogen and oxygen atoms in total. The fraction of sp³-hybridized carbons (Fsp3) is 0.727. The molecule has 4 atom stereocenters. The number of hydrogen-bond donors (Lipinski definition) is 0. The normalized spacial score (nSPS) is 52.7. The number of fused-ring (bicyclic) bond motifs is 2. The summed E-state index contributed by atoms with van der Waals surface area (Å²) in [4.78, 5) is 11.3. The Hall–Kier alpha value is -0.630. The number of carbonyl (C=O) groups is 1. The lowest BCUT2D eigenvalue weighted by atomic mass is 9.63. The molecule has 1 heterocycles. The lowest BCUT2D eigenvalue weighted by molar-refractivity contribution is -0.117. The van der Waals surface area contributed by atoms with E-state index in [4.69, 9.17) is 4.74 Å². The van der Waals surface area contributed by atoms with Crippen molar-refractivity contribution < 1.29 is 9.53 Å². The molecule has 0 spiro atoms. The highest BCUT2D eigenvalue weighted by Crippen LogP contribution is 2.52. The molecule has 0 aromatic carbocycles. The highest BCUT2D eigenvalue weighted by molar-refractivity contribution is 5.91. The first-order valence-corrected chi connectivity index (χ1v) is 5.05. The van der Waals surface area contributed by atoms with Crippen molar-refractivity contribution in [3.8, 4) is 0 Å². The SMILES string of the molecule is C[C@@]12C=CC(=O)C[C@H]1C[C@@H]1O[C@@H]1C2. The molecule has 1 saturated carbocycles. The Kier molecular flexibility index (Phi) is 1.33. The molecule has 2 aliphatic carbocycles. The van der Waals surface area contributed by atoms with E-state index in [1.807, 2.05) is 0 Å². The summed E-state index contributed by atoms with van der Waals surface area (Å²) in [6.07, 6.45) is 7.81. The van der Waals surface area contributed by atoms with E-state index in [-0.39, 0.29) is 5.41 Å². The van der Waals surface area contributed by atoms with Crippen LogP contribution in [0, 0.1) is 11.3 Å². The molecule has 2 fully saturated rings. The maximum absolute atomic E-state index is 11.3. The second-order valence-corrected chi connectivity index (χ2v) is 4.86. The van der Waals surface area contributed by atoms with E-state index < -0.39 is 0 Å². The Morgan fingerprint density at radius 2 is 2.38 bits per heavy atom. The Morgan fingerprint density at radius 3 is 3.23 bits per heavy atom. The topological polar surface area (TPSA) is 29.6 Å². The molecule has 3 aliphatic rings. The minimum atomic E-state index is 0.242. The fourth-order valence-corrected chi connectivity index (χ4v) is 2.83. The Bertz CT molecular complexity index is 294. The van der Waals surface area contributed by atoms with Crippen LogP contribution in [0.3, 0.4) is 0 Å². The van der Waals surface area contributed by atoms with Gasteiger partial charge in [-0.25, -0.2) is 0 Å². The van der Waals surface area contributed by atoms with Crippen molar-refractivity contribution >= 4 is 5.78 Å². The van der Waals surface area contributed by atoms with E-state index in [1.54, 1.807) is 6.08 Å². The molecule has 0 aromatic rings. The zero-order chi connectivity index (χ0) is 9.05. The van der Waals surface area contributed by atoms with Gasteiger partial charge in [-0.1, -0.05) is 13.0 Å². The van der Waals surface area contributed by atoms with Gasteiger partial charge in [-0.2, -0.15) is 0 Å². The molecule has 2 heteroatoms. The number of epoxide rings is 1. The average molecular weight is 178 g/mol. The smallest absolute Gasteiger partial charge is 0.155 e. The van der Waals surface area contributed by atoms with E-state index in [9.17, 15) is 4.79 Å². The monoisotopic (exact) mass is 178 g/mol. The summed E-state index contributed by atoms with van der Waals surface area (Å²) in [5.41, 5.74) is 0.242. The summed E-state index contributed by atoms with van der Waals surface area (Å²) in [5, 5.41) is 0. The third-order valence-corrected chi connectivity index (χ3v) is 3.88. The van der Waals surface area contributed by atoms with Gasteiger partial charge in [0, 0.05) is 6.42 Å². The molecule has 70 valence electrons. The van der Waals surface area contributed by atoms with Gasteiger partial charge in [0.2, 0.25) is 0 Å². The molecule has 0 amide bonds. The summed E-state index contributed by atoms with van der Waals surface area (Å²) in [5.74, 6) is 0.829. The zero-order valence-electron chi connectivity index (χ0n) is 7.82. The number of rotatable bonds is 0. The third-order valence-electron chi connectivity index (χ3n) is 3.88. The van der Waals surface area contributed by atoms with E-state index >= 15 is 0 Å². The van der Waals surface area contributed by atoms with Crippen LogP contribution in [-0.4, -0.2) is 18.0 Å². The molecule has 1 saturated heterocycles. The van der Waals surface area contributed by atoms with Gasteiger partial charge in [-0.3, -0.25) is 4.79 Å². The van der Waals surface area contributed by atoms with Crippen molar-refractivity contribution in [3.63, 3.8) is 0 Å². The fourth-order valence-electron chi connectivity index (χ4n) is 2.83. The maximum atomic E-state index is 11.3. The van der Waals surface area contributed by atoms with Crippen LogP contribution in [-0.2, 0) is 9.53 Å². The van der Waals surface area contributed by atoms with Crippen molar-refractivity contribution in [1.82, 2.24) is 0 Å². The standard InChI is InChI=1S/C11H14O2/c1-11-3-2-8(12)4-7(11)5-9-10(6-11)13-9/h2-3,7,9-10H,4-6H2,1H3/t7-,9-,10+,11-/m0/s1. The first-order valence-electron chi connectivity index (χ1n) is 5.05. The van der Waals surface area contributed by atoms with Crippen LogP contribution in [0.4, 0.5) is 0 Å². The average Bonchev–Trinajstić information content (AvgIpc) is 2.78. The van der Waals surface area contributed by atoms with E-state index in [2.05, 4.69) is 13.0 Å². The van der Waals surface area contributed by atoms with Crippen molar-refractivity contribution in [1.29, 1.82) is 0 Å². The summed E-state index contributed by atoms with van der Waals surface area (Å²) in [6, 6.07) is 0. The van der Waals surface area contributed by atoms with Gasteiger partial charge in [0.1, 0.15) is 0 Å². The number of hydrogen-bond acceptors (Lipinski definition) is 2. The van der Waals surface area contributed by atoms with Crippen molar-refractivity contribution in [3.05, 3.63) is 12.2 Å². The molecule has 3 rings (SSSR count). The van der Waals surface area contributed by atoms with Gasteiger partial charge in [-0.05, 0) is 30.3 Å². The number of allylic oxidation sites excluding steroid dienone is 2. The van der Waals surface area contributed by atoms with E-state index in [0.29, 0.717) is 23.9 Å². The molecule has 1 aliphatic heterocycles. The Labute approximate surface area is 78.0 Å². The van der Waals surface area contributed by atoms with Crippen LogP contribution in [0.5, 0.6) is 0 Å². The molecular weight excluding hydrogens is 164 g/mol. The predicted octanol–water partition coefficient (Wildman–Crippen LogP) is 1.70. The first kappa shape index (κ1) is 7.74. The van der Waals surface area contributed by atoms with Crippen molar-refractivity contribution in [2.24, 2.45) is 11.3 Å². The molecular formula is C11H14O2. The van der Waals surface area contributed by atoms with Crippen LogP contribution < -0.4 is 0 Å². The number of carbonyl (C=O) groups excluding carboxylic acids is 1.